The highest BCUT2D eigenvalue weighted by atomic mass is 16.1. The summed E-state index contributed by atoms with van der Waals surface area (Å²) in [5, 5.41) is 0. The fourth-order valence-corrected chi connectivity index (χ4v) is 1.99. The van der Waals surface area contributed by atoms with Crippen molar-refractivity contribution in [2.24, 2.45) is 5.41 Å². The van der Waals surface area contributed by atoms with E-state index in [0.717, 1.165) is 23.4 Å². The highest BCUT2D eigenvalue weighted by Crippen LogP contribution is 2.23. The molecule has 2 rings (SSSR count). The first kappa shape index (κ1) is 10.3. The quantitative estimate of drug-likeness (QED) is 0.701. The van der Waals surface area contributed by atoms with Gasteiger partial charge in [-0.3, -0.25) is 9.78 Å². The predicted molar refractivity (Wildman–Crippen MR) is 59.8 cm³/mol. The lowest BCUT2D eigenvalue weighted by Gasteiger charge is -2.17. The first-order valence-corrected chi connectivity index (χ1v) is 5.43. The van der Waals surface area contributed by atoms with Crippen LogP contribution in [0, 0.1) is 5.41 Å². The molecule has 0 unspecified atom stereocenters. The first-order valence-electron chi connectivity index (χ1n) is 5.43. The van der Waals surface area contributed by atoms with Crippen LogP contribution in [-0.2, 0) is 24.1 Å². The second-order valence-corrected chi connectivity index (χ2v) is 5.54. The molecule has 0 amide bonds. The minimum atomic E-state index is 0.254. The molecule has 1 aliphatic carbocycles. The Morgan fingerprint density at radius 2 is 2.00 bits per heavy atom. The maximum absolute atomic E-state index is 11.3. The smallest absolute Gasteiger partial charge is 0.143 e. The third-order valence-electron chi connectivity index (χ3n) is 2.59. The normalized spacial score (nSPS) is 15.5. The van der Waals surface area contributed by atoms with E-state index in [9.17, 15) is 4.79 Å². The highest BCUT2D eigenvalue weighted by Gasteiger charge is 2.21. The zero-order valence-corrected chi connectivity index (χ0v) is 9.63. The molecular formula is C13H17NO. The standard InChI is InChI=1S/C13H17NO/c1-13(2,3)8-10-5-4-9-6-11(15)7-12(9)14-10/h4-5H,6-8H2,1-3H3. The molecule has 80 valence electrons. The molecule has 0 saturated carbocycles. The average molecular weight is 203 g/mol. The second kappa shape index (κ2) is 3.44. The molecule has 15 heavy (non-hydrogen) atoms. The second-order valence-electron chi connectivity index (χ2n) is 5.54. The van der Waals surface area contributed by atoms with E-state index in [-0.39, 0.29) is 5.41 Å². The van der Waals surface area contributed by atoms with Gasteiger partial charge in [0, 0.05) is 18.5 Å². The number of hydrogen-bond acceptors (Lipinski definition) is 2. The van der Waals surface area contributed by atoms with E-state index in [0.29, 0.717) is 18.6 Å². The van der Waals surface area contributed by atoms with Crippen LogP contribution in [0.2, 0.25) is 0 Å². The largest absolute Gasteiger partial charge is 0.299 e. The molecule has 1 aliphatic rings. The van der Waals surface area contributed by atoms with Crippen molar-refractivity contribution in [1.82, 2.24) is 4.98 Å². The zero-order valence-electron chi connectivity index (χ0n) is 9.63. The maximum atomic E-state index is 11.3. The Morgan fingerprint density at radius 1 is 1.27 bits per heavy atom. The lowest BCUT2D eigenvalue weighted by molar-refractivity contribution is -0.117. The number of aromatic nitrogens is 1. The van der Waals surface area contributed by atoms with Crippen molar-refractivity contribution in [3.63, 3.8) is 0 Å². The molecule has 2 nitrogen and oxygen atoms in total. The van der Waals surface area contributed by atoms with E-state index in [1.807, 2.05) is 0 Å². The van der Waals surface area contributed by atoms with Crippen LogP contribution in [0.15, 0.2) is 12.1 Å². The number of ketones is 1. The van der Waals surface area contributed by atoms with Crippen LogP contribution in [0.3, 0.4) is 0 Å². The van der Waals surface area contributed by atoms with Crippen LogP contribution in [0.25, 0.3) is 0 Å². The molecule has 0 N–H and O–H groups in total. The van der Waals surface area contributed by atoms with Gasteiger partial charge in [-0.1, -0.05) is 26.8 Å². The molecule has 0 atom stereocenters. The van der Waals surface area contributed by atoms with Crippen LogP contribution in [0.1, 0.15) is 37.7 Å². The molecule has 1 aromatic heterocycles. The molecule has 2 heteroatoms. The Labute approximate surface area is 90.7 Å². The van der Waals surface area contributed by atoms with Gasteiger partial charge in [-0.25, -0.2) is 0 Å². The Hall–Kier alpha value is -1.18. The number of rotatable bonds is 1. The van der Waals surface area contributed by atoms with Crippen molar-refractivity contribution < 1.29 is 4.79 Å². The number of nitrogens with zero attached hydrogens (tertiary/aromatic N) is 1. The van der Waals surface area contributed by atoms with Crippen LogP contribution in [-0.4, -0.2) is 10.8 Å². The summed E-state index contributed by atoms with van der Waals surface area (Å²) in [6, 6.07) is 4.12. The van der Waals surface area contributed by atoms with Crippen molar-refractivity contribution in [3.05, 3.63) is 29.1 Å². The third kappa shape index (κ3) is 2.44. The van der Waals surface area contributed by atoms with Gasteiger partial charge < -0.3 is 0 Å². The van der Waals surface area contributed by atoms with Crippen LogP contribution < -0.4 is 0 Å². The van der Waals surface area contributed by atoms with E-state index in [1.165, 1.54) is 0 Å². The van der Waals surface area contributed by atoms with E-state index in [1.54, 1.807) is 0 Å². The summed E-state index contributed by atoms with van der Waals surface area (Å²) in [6.45, 7) is 6.60. The highest BCUT2D eigenvalue weighted by molar-refractivity contribution is 5.87. The summed E-state index contributed by atoms with van der Waals surface area (Å²) in [4.78, 5) is 15.8. The Morgan fingerprint density at radius 3 is 2.67 bits per heavy atom. The molecular weight excluding hydrogens is 186 g/mol. The van der Waals surface area contributed by atoms with E-state index in [4.69, 9.17) is 0 Å². The number of Topliss-reactive ketones (excluding diaryl/α,β-unsaturated/α-hetero) is 1. The van der Waals surface area contributed by atoms with Crippen molar-refractivity contribution in [1.29, 1.82) is 0 Å². The molecule has 1 aromatic rings. The summed E-state index contributed by atoms with van der Waals surface area (Å²) in [6.07, 6.45) is 2.08. The van der Waals surface area contributed by atoms with Crippen molar-refractivity contribution in [2.75, 3.05) is 0 Å². The Kier molecular flexibility index (Phi) is 2.37. The fraction of sp³-hybridized carbons (Fsp3) is 0.538. The molecule has 0 aromatic carbocycles. The molecule has 0 fully saturated rings. The van der Waals surface area contributed by atoms with E-state index < -0.39 is 0 Å². The van der Waals surface area contributed by atoms with Crippen molar-refractivity contribution in [2.45, 2.75) is 40.0 Å². The van der Waals surface area contributed by atoms with Crippen LogP contribution >= 0.6 is 0 Å². The number of hydrogen-bond donors (Lipinski definition) is 0. The van der Waals surface area contributed by atoms with Gasteiger partial charge in [0.05, 0.1) is 5.69 Å². The van der Waals surface area contributed by atoms with Gasteiger partial charge in [0.15, 0.2) is 0 Å². The molecule has 0 radical (unpaired) electrons. The Balaban J connectivity index is 2.24. The first-order chi connectivity index (χ1) is 6.94. The molecule has 0 bridgehead atoms. The zero-order chi connectivity index (χ0) is 11.1. The van der Waals surface area contributed by atoms with Gasteiger partial charge in [0.2, 0.25) is 0 Å². The lowest BCUT2D eigenvalue weighted by Crippen LogP contribution is -2.11. The number of carbonyl (C=O) groups excluding carboxylic acids is 1. The molecule has 0 saturated heterocycles. The van der Waals surface area contributed by atoms with Gasteiger partial charge in [-0.2, -0.15) is 0 Å². The summed E-state index contributed by atoms with van der Waals surface area (Å²) in [7, 11) is 0. The number of pyridine rings is 1. The summed E-state index contributed by atoms with van der Waals surface area (Å²) in [5.74, 6) is 0.297. The van der Waals surface area contributed by atoms with Gasteiger partial charge in [-0.05, 0) is 23.5 Å². The van der Waals surface area contributed by atoms with Crippen LogP contribution in [0.5, 0.6) is 0 Å². The maximum Gasteiger partial charge on any atom is 0.143 e. The molecule has 1 heterocycles. The number of fused-ring (bicyclic) bond motifs is 1. The summed E-state index contributed by atoms with van der Waals surface area (Å²) >= 11 is 0. The summed E-state index contributed by atoms with van der Waals surface area (Å²) < 4.78 is 0. The van der Waals surface area contributed by atoms with Gasteiger partial charge >= 0.3 is 0 Å². The molecule has 0 aliphatic heterocycles. The van der Waals surface area contributed by atoms with E-state index in [2.05, 4.69) is 37.9 Å². The lowest BCUT2D eigenvalue weighted by atomic mass is 9.90. The predicted octanol–water partition coefficient (Wildman–Crippen LogP) is 2.34. The topological polar surface area (TPSA) is 30.0 Å². The Bertz CT molecular complexity index is 401. The fourth-order valence-electron chi connectivity index (χ4n) is 1.99. The monoisotopic (exact) mass is 203 g/mol. The molecule has 0 spiro atoms. The van der Waals surface area contributed by atoms with E-state index >= 15 is 0 Å². The average Bonchev–Trinajstić information content (AvgIpc) is 2.40. The van der Waals surface area contributed by atoms with Crippen molar-refractivity contribution >= 4 is 5.78 Å². The minimum Gasteiger partial charge on any atom is -0.299 e. The van der Waals surface area contributed by atoms with Gasteiger partial charge in [0.25, 0.3) is 0 Å². The summed E-state index contributed by atoms with van der Waals surface area (Å²) in [5.41, 5.74) is 3.49. The van der Waals surface area contributed by atoms with Crippen LogP contribution in [0.4, 0.5) is 0 Å². The SMILES string of the molecule is CC(C)(C)Cc1ccc2c(n1)CC(=O)C2. The minimum absolute atomic E-state index is 0.254. The van der Waals surface area contributed by atoms with Gasteiger partial charge in [-0.15, -0.1) is 0 Å². The van der Waals surface area contributed by atoms with Gasteiger partial charge in [0.1, 0.15) is 5.78 Å². The van der Waals surface area contributed by atoms with Crippen molar-refractivity contribution in [3.8, 4) is 0 Å². The third-order valence-corrected chi connectivity index (χ3v) is 2.59. The number of carbonyl (C=O) groups is 1.